The number of rotatable bonds is 4. The fourth-order valence-corrected chi connectivity index (χ4v) is 4.29. The van der Waals surface area contributed by atoms with Gasteiger partial charge in [-0.1, -0.05) is 17.7 Å². The number of piperazine rings is 1. The molecule has 2 heterocycles. The largest absolute Gasteiger partial charge is 0.336 e. The summed E-state index contributed by atoms with van der Waals surface area (Å²) >= 11 is 7.73. The first-order valence-electron chi connectivity index (χ1n) is 8.52. The molecule has 1 aliphatic carbocycles. The second kappa shape index (κ2) is 7.02. The molecule has 132 valence electrons. The Hall–Kier alpha value is -1.50. The summed E-state index contributed by atoms with van der Waals surface area (Å²) in [6.07, 6.45) is 2.53. The van der Waals surface area contributed by atoms with Crippen molar-refractivity contribution in [1.82, 2.24) is 14.8 Å². The molecule has 7 heteroatoms. The van der Waals surface area contributed by atoms with Crippen molar-refractivity contribution in [3.05, 3.63) is 50.7 Å². The van der Waals surface area contributed by atoms with Gasteiger partial charge in [0.15, 0.2) is 0 Å². The highest BCUT2D eigenvalue weighted by molar-refractivity contribution is 7.09. The van der Waals surface area contributed by atoms with Crippen molar-refractivity contribution in [3.63, 3.8) is 0 Å². The maximum Gasteiger partial charge on any atom is 0.258 e. The molecule has 0 unspecified atom stereocenters. The molecule has 1 aromatic carbocycles. The highest BCUT2D eigenvalue weighted by Crippen LogP contribution is 2.40. The SMILES string of the molecule is O=C(c1c(F)cccc1Cl)N1CCN(Cc2nc(C3CC3)cs2)CC1. The first-order chi connectivity index (χ1) is 12.1. The van der Waals surface area contributed by atoms with Gasteiger partial charge in [0.2, 0.25) is 0 Å². The van der Waals surface area contributed by atoms with E-state index in [1.54, 1.807) is 22.3 Å². The number of amides is 1. The minimum Gasteiger partial charge on any atom is -0.336 e. The first kappa shape index (κ1) is 16.9. The molecule has 2 aromatic rings. The van der Waals surface area contributed by atoms with Crippen LogP contribution >= 0.6 is 22.9 Å². The number of carbonyl (C=O) groups excluding carboxylic acids is 1. The topological polar surface area (TPSA) is 36.4 Å². The van der Waals surface area contributed by atoms with Gasteiger partial charge >= 0.3 is 0 Å². The molecule has 0 bridgehead atoms. The number of thiazole rings is 1. The van der Waals surface area contributed by atoms with Crippen molar-refractivity contribution in [2.45, 2.75) is 25.3 Å². The molecule has 2 aliphatic rings. The van der Waals surface area contributed by atoms with E-state index in [9.17, 15) is 9.18 Å². The smallest absolute Gasteiger partial charge is 0.258 e. The van der Waals surface area contributed by atoms with E-state index in [0.29, 0.717) is 19.0 Å². The van der Waals surface area contributed by atoms with Crippen molar-refractivity contribution in [1.29, 1.82) is 0 Å². The van der Waals surface area contributed by atoms with Gasteiger partial charge in [-0.3, -0.25) is 9.69 Å². The maximum absolute atomic E-state index is 13.9. The van der Waals surface area contributed by atoms with Gasteiger partial charge in [-0.05, 0) is 25.0 Å². The van der Waals surface area contributed by atoms with Crippen molar-refractivity contribution in [2.24, 2.45) is 0 Å². The average Bonchev–Trinajstić information content (AvgIpc) is 3.35. The molecule has 1 aromatic heterocycles. The first-order valence-corrected chi connectivity index (χ1v) is 9.77. The van der Waals surface area contributed by atoms with Crippen LogP contribution in [0.1, 0.15) is 39.8 Å². The zero-order valence-corrected chi connectivity index (χ0v) is 15.3. The number of aromatic nitrogens is 1. The zero-order chi connectivity index (χ0) is 17.4. The Kier molecular flexibility index (Phi) is 4.75. The van der Waals surface area contributed by atoms with Crippen LogP contribution in [-0.2, 0) is 6.54 Å². The monoisotopic (exact) mass is 379 g/mol. The molecular weight excluding hydrogens is 361 g/mol. The predicted molar refractivity (Wildman–Crippen MR) is 96.7 cm³/mol. The normalized spacial score (nSPS) is 18.6. The lowest BCUT2D eigenvalue weighted by molar-refractivity contribution is 0.0624. The van der Waals surface area contributed by atoms with Gasteiger partial charge in [0, 0.05) is 37.5 Å². The summed E-state index contributed by atoms with van der Waals surface area (Å²) in [7, 11) is 0. The van der Waals surface area contributed by atoms with E-state index >= 15 is 0 Å². The van der Waals surface area contributed by atoms with E-state index in [1.807, 2.05) is 0 Å². The average molecular weight is 380 g/mol. The van der Waals surface area contributed by atoms with Gasteiger partial charge in [-0.2, -0.15) is 0 Å². The molecule has 2 fully saturated rings. The van der Waals surface area contributed by atoms with Crippen molar-refractivity contribution in [2.75, 3.05) is 26.2 Å². The van der Waals surface area contributed by atoms with Crippen LogP contribution in [0.3, 0.4) is 0 Å². The Bertz CT molecular complexity index is 764. The minimum absolute atomic E-state index is 0.0217. The molecule has 1 saturated carbocycles. The van der Waals surface area contributed by atoms with Gasteiger partial charge in [-0.25, -0.2) is 9.37 Å². The van der Waals surface area contributed by atoms with Crippen LogP contribution < -0.4 is 0 Å². The number of carbonyl (C=O) groups is 1. The summed E-state index contributed by atoms with van der Waals surface area (Å²) in [6, 6.07) is 4.33. The Morgan fingerprint density at radius 3 is 2.72 bits per heavy atom. The molecule has 4 nitrogen and oxygen atoms in total. The fraction of sp³-hybridized carbons (Fsp3) is 0.444. The van der Waals surface area contributed by atoms with Crippen LogP contribution in [0.5, 0.6) is 0 Å². The standard InChI is InChI=1S/C18H19ClFN3OS/c19-13-2-1-3-14(20)17(13)18(24)23-8-6-22(7-9-23)10-16-21-15(11-25-16)12-4-5-12/h1-3,11-12H,4-10H2. The number of benzene rings is 1. The van der Waals surface area contributed by atoms with Gasteiger partial charge in [0.25, 0.3) is 5.91 Å². The van der Waals surface area contributed by atoms with Crippen molar-refractivity contribution >= 4 is 28.8 Å². The summed E-state index contributed by atoms with van der Waals surface area (Å²) in [6.45, 7) is 3.49. The molecular formula is C18H19ClFN3OS. The maximum atomic E-state index is 13.9. The lowest BCUT2D eigenvalue weighted by Crippen LogP contribution is -2.48. The van der Waals surface area contributed by atoms with Crippen molar-refractivity contribution in [3.8, 4) is 0 Å². The molecule has 4 rings (SSSR count). The van der Waals surface area contributed by atoms with Crippen LogP contribution in [0, 0.1) is 5.82 Å². The van der Waals surface area contributed by atoms with Crippen molar-refractivity contribution < 1.29 is 9.18 Å². The van der Waals surface area contributed by atoms with Crippen LogP contribution in [0.25, 0.3) is 0 Å². The number of hydrogen-bond donors (Lipinski definition) is 0. The van der Waals surface area contributed by atoms with Crippen LogP contribution in [0.15, 0.2) is 23.6 Å². The van der Waals surface area contributed by atoms with Crippen LogP contribution in [0.4, 0.5) is 4.39 Å². The summed E-state index contributed by atoms with van der Waals surface area (Å²) < 4.78 is 13.9. The zero-order valence-electron chi connectivity index (χ0n) is 13.8. The second-order valence-electron chi connectivity index (χ2n) is 6.61. The third-order valence-corrected chi connectivity index (χ3v) is 5.93. The van der Waals surface area contributed by atoms with E-state index in [2.05, 4.69) is 10.3 Å². The summed E-state index contributed by atoms with van der Waals surface area (Å²) in [5.41, 5.74) is 1.22. The molecule has 0 radical (unpaired) electrons. The highest BCUT2D eigenvalue weighted by atomic mass is 35.5. The number of halogens is 2. The molecule has 0 atom stereocenters. The summed E-state index contributed by atoms with van der Waals surface area (Å²) in [5.74, 6) is -0.201. The highest BCUT2D eigenvalue weighted by Gasteiger charge is 2.28. The molecule has 0 N–H and O–H groups in total. The van der Waals surface area contributed by atoms with Gasteiger partial charge in [0.1, 0.15) is 10.8 Å². The lowest BCUT2D eigenvalue weighted by atomic mass is 10.1. The predicted octanol–water partition coefficient (Wildman–Crippen LogP) is 3.77. The van der Waals surface area contributed by atoms with Gasteiger partial charge in [0.05, 0.1) is 22.8 Å². The molecule has 1 saturated heterocycles. The quantitative estimate of drug-likeness (QED) is 0.811. The van der Waals surface area contributed by atoms with Gasteiger partial charge in [-0.15, -0.1) is 11.3 Å². The third kappa shape index (κ3) is 3.71. The molecule has 1 aliphatic heterocycles. The Morgan fingerprint density at radius 2 is 2.04 bits per heavy atom. The molecule has 0 spiro atoms. The summed E-state index contributed by atoms with van der Waals surface area (Å²) in [5, 5.41) is 3.48. The number of hydrogen-bond acceptors (Lipinski definition) is 4. The summed E-state index contributed by atoms with van der Waals surface area (Å²) in [4.78, 5) is 21.3. The molecule has 1 amide bonds. The number of nitrogens with zero attached hydrogens (tertiary/aromatic N) is 3. The van der Waals surface area contributed by atoms with E-state index in [1.165, 1.54) is 30.7 Å². The van der Waals surface area contributed by atoms with Gasteiger partial charge < -0.3 is 4.90 Å². The lowest BCUT2D eigenvalue weighted by Gasteiger charge is -2.34. The Labute approximate surface area is 155 Å². The second-order valence-corrected chi connectivity index (χ2v) is 7.96. The Morgan fingerprint density at radius 1 is 1.28 bits per heavy atom. The van der Waals surface area contributed by atoms with E-state index in [-0.39, 0.29) is 16.5 Å². The van der Waals surface area contributed by atoms with Crippen LogP contribution in [0.2, 0.25) is 5.02 Å². The fourth-order valence-electron chi connectivity index (χ4n) is 3.12. The molecule has 25 heavy (non-hydrogen) atoms. The third-order valence-electron chi connectivity index (χ3n) is 4.76. The Balaban J connectivity index is 1.35. The van der Waals surface area contributed by atoms with E-state index < -0.39 is 5.82 Å². The van der Waals surface area contributed by atoms with Crippen LogP contribution in [-0.4, -0.2) is 46.9 Å². The minimum atomic E-state index is -0.560. The van der Waals surface area contributed by atoms with E-state index in [0.717, 1.165) is 24.6 Å². The van der Waals surface area contributed by atoms with E-state index in [4.69, 9.17) is 16.6 Å².